The Labute approximate surface area is 133 Å². The van der Waals surface area contributed by atoms with E-state index in [1.165, 1.54) is 0 Å². The van der Waals surface area contributed by atoms with Crippen molar-refractivity contribution in [2.75, 3.05) is 0 Å². The summed E-state index contributed by atoms with van der Waals surface area (Å²) < 4.78 is 7.33. The van der Waals surface area contributed by atoms with Crippen LogP contribution in [-0.2, 0) is 0 Å². The molecule has 110 valence electrons. The smallest absolute Gasteiger partial charge is 0.152 e. The summed E-state index contributed by atoms with van der Waals surface area (Å²) in [6.45, 7) is 3.96. The van der Waals surface area contributed by atoms with Crippen molar-refractivity contribution in [1.82, 2.24) is 9.38 Å². The lowest BCUT2D eigenvalue weighted by Crippen LogP contribution is -2.05. The number of benzene rings is 1. The molecule has 0 fully saturated rings. The highest BCUT2D eigenvalue weighted by molar-refractivity contribution is 6.30. The molecular weight excluding hydrogens is 298 g/mol. The van der Waals surface area contributed by atoms with E-state index in [4.69, 9.17) is 16.3 Å². The molecule has 0 aliphatic heterocycles. The highest BCUT2D eigenvalue weighted by atomic mass is 35.5. The number of fused-ring (bicyclic) bond motifs is 1. The van der Waals surface area contributed by atoms with E-state index >= 15 is 0 Å². The summed E-state index contributed by atoms with van der Waals surface area (Å²) in [5.41, 5.74) is 2.67. The quantitative estimate of drug-likeness (QED) is 0.724. The van der Waals surface area contributed by atoms with E-state index < -0.39 is 0 Å². The van der Waals surface area contributed by atoms with Crippen LogP contribution < -0.4 is 4.74 Å². The highest BCUT2D eigenvalue weighted by Crippen LogP contribution is 2.27. The van der Waals surface area contributed by atoms with Crippen molar-refractivity contribution < 1.29 is 4.74 Å². The molecule has 0 amide bonds. The fraction of sp³-hybridized carbons (Fsp3) is 0.176. The number of rotatable bonds is 3. The Morgan fingerprint density at radius 1 is 1.18 bits per heavy atom. The summed E-state index contributed by atoms with van der Waals surface area (Å²) in [6, 6.07) is 13.3. The minimum Gasteiger partial charge on any atom is -0.491 e. The zero-order valence-corrected chi connectivity index (χ0v) is 13.0. The third-order valence-corrected chi connectivity index (χ3v) is 3.41. The minimum atomic E-state index is 0.123. The molecule has 5 heteroatoms. The number of hydrogen-bond donors (Lipinski definition) is 0. The van der Waals surface area contributed by atoms with Crippen LogP contribution in [0.15, 0.2) is 42.6 Å². The van der Waals surface area contributed by atoms with Gasteiger partial charge in [-0.3, -0.25) is 4.40 Å². The molecule has 0 spiro atoms. The van der Waals surface area contributed by atoms with Crippen LogP contribution in [0.3, 0.4) is 0 Å². The Bertz CT molecular complexity index is 860. The second-order valence-corrected chi connectivity index (χ2v) is 5.62. The molecule has 0 N–H and O–H groups in total. The van der Waals surface area contributed by atoms with Crippen LogP contribution in [0.2, 0.25) is 5.02 Å². The Morgan fingerprint density at radius 3 is 2.55 bits per heavy atom. The monoisotopic (exact) mass is 311 g/mol. The summed E-state index contributed by atoms with van der Waals surface area (Å²) >= 11 is 6.00. The number of aromatic nitrogens is 2. The lowest BCUT2D eigenvalue weighted by atomic mass is 10.1. The van der Waals surface area contributed by atoms with Gasteiger partial charge in [0.2, 0.25) is 0 Å². The maximum Gasteiger partial charge on any atom is 0.152 e. The molecule has 2 heterocycles. The molecule has 0 aliphatic rings. The molecule has 0 bridgehead atoms. The van der Waals surface area contributed by atoms with Gasteiger partial charge in [0.25, 0.3) is 0 Å². The first-order chi connectivity index (χ1) is 10.6. The van der Waals surface area contributed by atoms with Crippen molar-refractivity contribution in [3.05, 3.63) is 53.3 Å². The number of nitrogens with zero attached hydrogens (tertiary/aromatic N) is 3. The first-order valence-electron chi connectivity index (χ1n) is 6.93. The average molecular weight is 312 g/mol. The lowest BCUT2D eigenvalue weighted by Gasteiger charge is -2.09. The molecule has 0 radical (unpaired) electrons. The van der Waals surface area contributed by atoms with Gasteiger partial charge in [0.1, 0.15) is 23.2 Å². The van der Waals surface area contributed by atoms with Gasteiger partial charge in [-0.2, -0.15) is 5.26 Å². The Morgan fingerprint density at radius 2 is 1.91 bits per heavy atom. The Kier molecular flexibility index (Phi) is 3.74. The fourth-order valence-corrected chi connectivity index (χ4v) is 2.45. The first kappa shape index (κ1) is 14.4. The number of ether oxygens (including phenoxy) is 1. The summed E-state index contributed by atoms with van der Waals surface area (Å²) in [4.78, 5) is 4.53. The maximum atomic E-state index is 9.45. The van der Waals surface area contributed by atoms with Crippen molar-refractivity contribution in [2.45, 2.75) is 20.0 Å². The second-order valence-electron chi connectivity index (χ2n) is 5.19. The topological polar surface area (TPSA) is 50.3 Å². The highest BCUT2D eigenvalue weighted by Gasteiger charge is 2.14. The second kappa shape index (κ2) is 5.70. The van der Waals surface area contributed by atoms with Crippen LogP contribution in [0.25, 0.3) is 16.9 Å². The Hall–Kier alpha value is -2.51. The van der Waals surface area contributed by atoms with E-state index in [1.807, 2.05) is 38.1 Å². The summed E-state index contributed by atoms with van der Waals surface area (Å²) in [5.74, 6) is 0.795. The standard InChI is InChI=1S/C17H14ClN3O/c1-11(2)22-14-6-3-12(4-7-14)17-15(9-19)21-10-13(18)5-8-16(21)20-17/h3-8,10-11H,1-2H3. The van der Waals surface area contributed by atoms with Crippen LogP contribution in [0.4, 0.5) is 0 Å². The van der Waals surface area contributed by atoms with Crippen LogP contribution >= 0.6 is 11.6 Å². The van der Waals surface area contributed by atoms with Crippen LogP contribution in [0.5, 0.6) is 5.75 Å². The van der Waals surface area contributed by atoms with E-state index in [-0.39, 0.29) is 6.10 Å². The molecule has 22 heavy (non-hydrogen) atoms. The number of pyridine rings is 1. The molecule has 2 aromatic heterocycles. The van der Waals surface area contributed by atoms with Crippen LogP contribution in [0, 0.1) is 11.3 Å². The van der Waals surface area contributed by atoms with E-state index in [1.54, 1.807) is 22.7 Å². The molecule has 1 aromatic carbocycles. The normalized spacial score (nSPS) is 10.9. The predicted molar refractivity (Wildman–Crippen MR) is 86.1 cm³/mol. The molecular formula is C17H14ClN3O. The van der Waals surface area contributed by atoms with Crippen LogP contribution in [0.1, 0.15) is 19.5 Å². The minimum absolute atomic E-state index is 0.123. The van der Waals surface area contributed by atoms with Crippen LogP contribution in [-0.4, -0.2) is 15.5 Å². The average Bonchev–Trinajstić information content (AvgIpc) is 2.85. The Balaban J connectivity index is 2.08. The van der Waals surface area contributed by atoms with Gasteiger partial charge in [0, 0.05) is 11.8 Å². The molecule has 3 aromatic rings. The number of nitriles is 1. The van der Waals surface area contributed by atoms with Gasteiger partial charge < -0.3 is 4.74 Å². The van der Waals surface area contributed by atoms with Crippen molar-refractivity contribution in [3.63, 3.8) is 0 Å². The zero-order valence-electron chi connectivity index (χ0n) is 12.2. The first-order valence-corrected chi connectivity index (χ1v) is 7.31. The summed E-state index contributed by atoms with van der Waals surface area (Å²) in [6.07, 6.45) is 1.82. The lowest BCUT2D eigenvalue weighted by molar-refractivity contribution is 0.242. The summed E-state index contributed by atoms with van der Waals surface area (Å²) in [7, 11) is 0. The van der Waals surface area contributed by atoms with Crippen molar-refractivity contribution >= 4 is 17.2 Å². The SMILES string of the molecule is CC(C)Oc1ccc(-c2nc3ccc(Cl)cn3c2C#N)cc1. The molecule has 0 aliphatic carbocycles. The van der Waals surface area contributed by atoms with Crippen molar-refractivity contribution in [3.8, 4) is 23.1 Å². The van der Waals surface area contributed by atoms with E-state index in [0.717, 1.165) is 11.3 Å². The van der Waals surface area contributed by atoms with Crippen molar-refractivity contribution in [1.29, 1.82) is 5.26 Å². The maximum absolute atomic E-state index is 9.45. The number of hydrogen-bond acceptors (Lipinski definition) is 3. The molecule has 4 nitrogen and oxygen atoms in total. The number of imidazole rings is 1. The van der Waals surface area contributed by atoms with Gasteiger partial charge in [-0.25, -0.2) is 4.98 Å². The molecule has 0 saturated carbocycles. The fourth-order valence-electron chi connectivity index (χ4n) is 2.29. The van der Waals surface area contributed by atoms with Gasteiger partial charge in [0.05, 0.1) is 11.1 Å². The van der Waals surface area contributed by atoms with Gasteiger partial charge in [-0.05, 0) is 50.2 Å². The number of halogens is 1. The molecule has 0 saturated heterocycles. The van der Waals surface area contributed by atoms with Gasteiger partial charge >= 0.3 is 0 Å². The largest absolute Gasteiger partial charge is 0.491 e. The van der Waals surface area contributed by atoms with Crippen molar-refractivity contribution in [2.24, 2.45) is 0 Å². The van der Waals surface area contributed by atoms with E-state index in [9.17, 15) is 5.26 Å². The predicted octanol–water partition coefficient (Wildman–Crippen LogP) is 4.31. The van der Waals surface area contributed by atoms with Gasteiger partial charge in [0.15, 0.2) is 5.69 Å². The third kappa shape index (κ3) is 2.63. The van der Waals surface area contributed by atoms with E-state index in [2.05, 4.69) is 11.1 Å². The molecule has 0 atom stereocenters. The zero-order chi connectivity index (χ0) is 15.7. The van der Waals surface area contributed by atoms with E-state index in [0.29, 0.717) is 22.1 Å². The van der Waals surface area contributed by atoms with Gasteiger partial charge in [-0.1, -0.05) is 11.6 Å². The molecule has 3 rings (SSSR count). The third-order valence-electron chi connectivity index (χ3n) is 3.19. The summed E-state index contributed by atoms with van der Waals surface area (Å²) in [5, 5.41) is 10.0. The molecule has 0 unspecified atom stereocenters. The van der Waals surface area contributed by atoms with Gasteiger partial charge in [-0.15, -0.1) is 0 Å².